The molecule has 0 saturated carbocycles. The van der Waals surface area contributed by atoms with Crippen LogP contribution in [0.2, 0.25) is 0 Å². The van der Waals surface area contributed by atoms with E-state index >= 15 is 0 Å². The number of aryl methyl sites for hydroxylation is 1. The molecule has 0 aromatic carbocycles. The number of nitrogen functional groups attached to an aromatic ring is 1. The Morgan fingerprint density at radius 2 is 2.00 bits per heavy atom. The van der Waals surface area contributed by atoms with Crippen LogP contribution in [0, 0.1) is 6.92 Å². The average molecular weight is 288 g/mol. The number of imidazole rings is 1. The molecule has 2 aromatic heterocycles. The first kappa shape index (κ1) is 15.3. The van der Waals surface area contributed by atoms with Crippen molar-refractivity contribution in [3.05, 3.63) is 29.6 Å². The largest absolute Gasteiger partial charge is 0.383 e. The molecular formula is C15H24N6. The van der Waals surface area contributed by atoms with Crippen LogP contribution in [0.15, 0.2) is 12.4 Å². The van der Waals surface area contributed by atoms with Crippen LogP contribution >= 0.6 is 0 Å². The van der Waals surface area contributed by atoms with Crippen molar-refractivity contribution in [3.63, 3.8) is 0 Å². The lowest BCUT2D eigenvalue weighted by Crippen LogP contribution is -2.20. The lowest BCUT2D eigenvalue weighted by atomic mass is 9.95. The summed E-state index contributed by atoms with van der Waals surface area (Å²) >= 11 is 0. The Kier molecular flexibility index (Phi) is 4.16. The molecule has 6 nitrogen and oxygen atoms in total. The number of nitrogens with zero attached hydrogens (tertiary/aromatic N) is 4. The standard InChI is InChI=1S/C15H24N6/c1-10-12(16)19-14(15(2,3)4)20-13(10)18-7-6-11-17-8-9-21(11)5/h8-9H,6-7H2,1-5H3,(H3,16,18,19,20). The minimum atomic E-state index is -0.127. The topological polar surface area (TPSA) is 81.7 Å². The second-order valence-corrected chi connectivity index (χ2v) is 6.29. The van der Waals surface area contributed by atoms with Crippen molar-refractivity contribution in [1.29, 1.82) is 0 Å². The number of nitrogens with two attached hydrogens (primary N) is 1. The molecule has 2 rings (SSSR count). The Hall–Kier alpha value is -2.11. The fourth-order valence-electron chi connectivity index (χ4n) is 1.97. The normalized spacial score (nSPS) is 11.7. The van der Waals surface area contributed by atoms with Crippen LogP contribution in [-0.2, 0) is 18.9 Å². The van der Waals surface area contributed by atoms with Crippen LogP contribution in [0.3, 0.4) is 0 Å². The fourth-order valence-corrected chi connectivity index (χ4v) is 1.97. The van der Waals surface area contributed by atoms with Gasteiger partial charge in [0, 0.05) is 43.4 Å². The van der Waals surface area contributed by atoms with E-state index in [0.717, 1.165) is 36.0 Å². The lowest BCUT2D eigenvalue weighted by molar-refractivity contribution is 0.546. The van der Waals surface area contributed by atoms with Crippen molar-refractivity contribution >= 4 is 11.6 Å². The highest BCUT2D eigenvalue weighted by atomic mass is 15.1. The Bertz CT molecular complexity index is 624. The van der Waals surface area contributed by atoms with Crippen LogP contribution in [-0.4, -0.2) is 26.1 Å². The maximum Gasteiger partial charge on any atom is 0.138 e. The van der Waals surface area contributed by atoms with E-state index in [1.807, 2.05) is 24.7 Å². The summed E-state index contributed by atoms with van der Waals surface area (Å²) in [5, 5.41) is 3.35. The molecule has 6 heteroatoms. The van der Waals surface area contributed by atoms with Gasteiger partial charge in [0.25, 0.3) is 0 Å². The molecule has 0 amide bonds. The molecule has 0 saturated heterocycles. The molecule has 2 aromatic rings. The molecule has 0 aliphatic heterocycles. The van der Waals surface area contributed by atoms with Crippen molar-refractivity contribution in [2.75, 3.05) is 17.6 Å². The third-order valence-corrected chi connectivity index (χ3v) is 3.42. The highest BCUT2D eigenvalue weighted by Crippen LogP contribution is 2.24. The molecule has 0 aliphatic rings. The minimum absolute atomic E-state index is 0.127. The Labute approximate surface area is 125 Å². The monoisotopic (exact) mass is 288 g/mol. The van der Waals surface area contributed by atoms with Gasteiger partial charge in [0.05, 0.1) is 0 Å². The van der Waals surface area contributed by atoms with Crippen LogP contribution in [0.1, 0.15) is 38.0 Å². The number of hydrogen-bond donors (Lipinski definition) is 2. The van der Waals surface area contributed by atoms with Crippen molar-refractivity contribution in [3.8, 4) is 0 Å². The average Bonchev–Trinajstić information content (AvgIpc) is 2.79. The molecule has 0 aliphatic carbocycles. The van der Waals surface area contributed by atoms with Crippen molar-refractivity contribution in [2.24, 2.45) is 7.05 Å². The number of rotatable bonds is 4. The zero-order chi connectivity index (χ0) is 15.6. The highest BCUT2D eigenvalue weighted by molar-refractivity contribution is 5.55. The second-order valence-electron chi connectivity index (χ2n) is 6.29. The summed E-state index contributed by atoms with van der Waals surface area (Å²) in [6, 6.07) is 0. The summed E-state index contributed by atoms with van der Waals surface area (Å²) in [5.74, 6) is 3.14. The maximum absolute atomic E-state index is 6.00. The first-order valence-corrected chi connectivity index (χ1v) is 7.13. The zero-order valence-corrected chi connectivity index (χ0v) is 13.4. The summed E-state index contributed by atoms with van der Waals surface area (Å²) < 4.78 is 2.02. The van der Waals surface area contributed by atoms with E-state index in [9.17, 15) is 0 Å². The summed E-state index contributed by atoms with van der Waals surface area (Å²) in [4.78, 5) is 13.3. The van der Waals surface area contributed by atoms with Crippen LogP contribution in [0.4, 0.5) is 11.6 Å². The van der Waals surface area contributed by atoms with Gasteiger partial charge in [-0.2, -0.15) is 0 Å². The molecule has 0 radical (unpaired) electrons. The van der Waals surface area contributed by atoms with Gasteiger partial charge >= 0.3 is 0 Å². The van der Waals surface area contributed by atoms with Crippen LogP contribution < -0.4 is 11.1 Å². The molecule has 0 fully saturated rings. The van der Waals surface area contributed by atoms with Gasteiger partial charge in [-0.15, -0.1) is 0 Å². The summed E-state index contributed by atoms with van der Waals surface area (Å²) in [5.41, 5.74) is 6.77. The molecule has 0 spiro atoms. The first-order valence-electron chi connectivity index (χ1n) is 7.13. The molecule has 21 heavy (non-hydrogen) atoms. The number of nitrogens with one attached hydrogen (secondary N) is 1. The van der Waals surface area contributed by atoms with Gasteiger partial charge in [0.1, 0.15) is 23.3 Å². The molecule has 2 heterocycles. The van der Waals surface area contributed by atoms with Gasteiger partial charge in [-0.05, 0) is 6.92 Å². The Balaban J connectivity index is 2.12. The van der Waals surface area contributed by atoms with Crippen molar-refractivity contribution in [2.45, 2.75) is 39.5 Å². The predicted molar refractivity (Wildman–Crippen MR) is 85.3 cm³/mol. The van der Waals surface area contributed by atoms with Gasteiger partial charge < -0.3 is 15.6 Å². The van der Waals surface area contributed by atoms with Gasteiger partial charge in [-0.3, -0.25) is 0 Å². The summed E-state index contributed by atoms with van der Waals surface area (Å²) in [7, 11) is 1.99. The summed E-state index contributed by atoms with van der Waals surface area (Å²) in [6.07, 6.45) is 4.58. The van der Waals surface area contributed by atoms with Gasteiger partial charge in [0.15, 0.2) is 0 Å². The zero-order valence-electron chi connectivity index (χ0n) is 13.4. The minimum Gasteiger partial charge on any atom is -0.383 e. The predicted octanol–water partition coefficient (Wildman–Crippen LogP) is 2.05. The number of aromatic nitrogens is 4. The SMILES string of the molecule is Cc1c(N)nc(C(C)(C)C)nc1NCCc1nccn1C. The number of hydrogen-bond acceptors (Lipinski definition) is 5. The second kappa shape index (κ2) is 5.71. The molecule has 114 valence electrons. The van der Waals surface area contributed by atoms with Gasteiger partial charge in [-0.25, -0.2) is 15.0 Å². The van der Waals surface area contributed by atoms with E-state index < -0.39 is 0 Å². The van der Waals surface area contributed by atoms with Crippen LogP contribution in [0.5, 0.6) is 0 Å². The van der Waals surface area contributed by atoms with E-state index in [0.29, 0.717) is 5.82 Å². The third kappa shape index (κ3) is 3.51. The molecule has 0 unspecified atom stereocenters. The van der Waals surface area contributed by atoms with E-state index in [-0.39, 0.29) is 5.41 Å². The van der Waals surface area contributed by atoms with E-state index in [2.05, 4.69) is 41.0 Å². The lowest BCUT2D eigenvalue weighted by Gasteiger charge is -2.19. The maximum atomic E-state index is 6.00. The third-order valence-electron chi connectivity index (χ3n) is 3.42. The fraction of sp³-hybridized carbons (Fsp3) is 0.533. The molecular weight excluding hydrogens is 264 g/mol. The molecule has 0 bridgehead atoms. The Morgan fingerprint density at radius 1 is 1.29 bits per heavy atom. The Morgan fingerprint density at radius 3 is 2.57 bits per heavy atom. The highest BCUT2D eigenvalue weighted by Gasteiger charge is 2.20. The van der Waals surface area contributed by atoms with Crippen molar-refractivity contribution in [1.82, 2.24) is 19.5 Å². The molecule has 3 N–H and O–H groups in total. The van der Waals surface area contributed by atoms with Gasteiger partial charge in [-0.1, -0.05) is 20.8 Å². The first-order chi connectivity index (χ1) is 9.79. The molecule has 0 atom stereocenters. The van der Waals surface area contributed by atoms with Gasteiger partial charge in [0.2, 0.25) is 0 Å². The van der Waals surface area contributed by atoms with E-state index in [1.54, 1.807) is 6.20 Å². The van der Waals surface area contributed by atoms with Crippen LogP contribution in [0.25, 0.3) is 0 Å². The smallest absolute Gasteiger partial charge is 0.138 e. The summed E-state index contributed by atoms with van der Waals surface area (Å²) in [6.45, 7) is 8.93. The van der Waals surface area contributed by atoms with E-state index in [4.69, 9.17) is 5.73 Å². The quantitative estimate of drug-likeness (QED) is 0.900. The van der Waals surface area contributed by atoms with E-state index in [1.165, 1.54) is 0 Å². The van der Waals surface area contributed by atoms with Crippen molar-refractivity contribution < 1.29 is 0 Å². The number of anilines is 2.